The lowest BCUT2D eigenvalue weighted by molar-refractivity contribution is -0.0190. The molecular weight excluding hydrogens is 128 g/mol. The fraction of sp³-hybridized carbons (Fsp3) is 1.00. The third kappa shape index (κ3) is 7.88. The maximum Gasteiger partial charge on any atom is 0.126 e. The molecule has 0 amide bonds. The number of unbranched alkanes of at least 4 members (excludes halogenated alkanes) is 2. The van der Waals surface area contributed by atoms with Crippen molar-refractivity contribution in [2.24, 2.45) is 5.73 Å². The molecule has 0 bridgehead atoms. The molecule has 0 fully saturated rings. The molecular formula is C7H17N2O. The summed E-state index contributed by atoms with van der Waals surface area (Å²) in [6.45, 7) is 4.70. The lowest BCUT2D eigenvalue weighted by atomic mass is 10.3. The first-order valence-electron chi connectivity index (χ1n) is 3.85. The van der Waals surface area contributed by atoms with Crippen LogP contribution in [0.5, 0.6) is 0 Å². The molecule has 0 saturated carbocycles. The Morgan fingerprint density at radius 3 is 2.70 bits per heavy atom. The number of nitrogens with two attached hydrogens (primary N) is 1. The second-order valence-electron chi connectivity index (χ2n) is 2.37. The molecule has 0 aliphatic carbocycles. The summed E-state index contributed by atoms with van der Waals surface area (Å²) >= 11 is 0. The Labute approximate surface area is 62.9 Å². The van der Waals surface area contributed by atoms with E-state index in [1.807, 2.05) is 0 Å². The first kappa shape index (κ1) is 9.88. The van der Waals surface area contributed by atoms with E-state index in [4.69, 9.17) is 10.6 Å². The van der Waals surface area contributed by atoms with Gasteiger partial charge in [-0.25, -0.2) is 0 Å². The highest BCUT2D eigenvalue weighted by Gasteiger charge is 1.92. The van der Waals surface area contributed by atoms with Crippen LogP contribution in [0, 0.1) is 0 Å². The largest absolute Gasteiger partial charge is 0.305 e. The van der Waals surface area contributed by atoms with Crippen molar-refractivity contribution in [3.63, 3.8) is 0 Å². The van der Waals surface area contributed by atoms with E-state index in [0.29, 0.717) is 0 Å². The maximum absolute atomic E-state index is 5.29. The third-order valence-electron chi connectivity index (χ3n) is 1.09. The van der Waals surface area contributed by atoms with E-state index in [2.05, 4.69) is 12.4 Å². The van der Waals surface area contributed by atoms with Gasteiger partial charge in [-0.15, -0.1) is 0 Å². The molecule has 10 heavy (non-hydrogen) atoms. The van der Waals surface area contributed by atoms with Gasteiger partial charge in [0.2, 0.25) is 0 Å². The normalized spacial score (nSPS) is 13.5. The molecule has 0 saturated heterocycles. The van der Waals surface area contributed by atoms with Gasteiger partial charge < -0.3 is 5.73 Å². The van der Waals surface area contributed by atoms with Gasteiger partial charge in [0, 0.05) is 6.54 Å². The lowest BCUT2D eigenvalue weighted by Gasteiger charge is -2.04. The van der Waals surface area contributed by atoms with Gasteiger partial charge in [0.05, 0.1) is 0 Å². The minimum absolute atomic E-state index is 0.262. The summed E-state index contributed by atoms with van der Waals surface area (Å²) in [7, 11) is 0. The van der Waals surface area contributed by atoms with Crippen molar-refractivity contribution in [2.75, 3.05) is 6.54 Å². The molecule has 2 N–H and O–H groups in total. The lowest BCUT2D eigenvalue weighted by Crippen LogP contribution is -2.24. The maximum atomic E-state index is 5.29. The highest BCUT2D eigenvalue weighted by Crippen LogP contribution is 1.91. The summed E-state index contributed by atoms with van der Waals surface area (Å²) in [6.07, 6.45) is 3.27. The second kappa shape index (κ2) is 6.99. The van der Waals surface area contributed by atoms with Crippen molar-refractivity contribution in [1.82, 2.24) is 5.48 Å². The van der Waals surface area contributed by atoms with Crippen LogP contribution in [0.25, 0.3) is 0 Å². The van der Waals surface area contributed by atoms with Crippen LogP contribution in [0.3, 0.4) is 0 Å². The van der Waals surface area contributed by atoms with Gasteiger partial charge in [0.25, 0.3) is 0 Å². The zero-order valence-electron chi connectivity index (χ0n) is 6.84. The quantitative estimate of drug-likeness (QED) is 0.344. The van der Waals surface area contributed by atoms with E-state index in [1.54, 1.807) is 6.92 Å². The Morgan fingerprint density at radius 1 is 1.50 bits per heavy atom. The zero-order valence-corrected chi connectivity index (χ0v) is 6.84. The van der Waals surface area contributed by atoms with Gasteiger partial charge in [-0.3, -0.25) is 4.84 Å². The van der Waals surface area contributed by atoms with Gasteiger partial charge in [-0.05, 0) is 13.3 Å². The van der Waals surface area contributed by atoms with Gasteiger partial charge in [0.15, 0.2) is 0 Å². The topological polar surface area (TPSA) is 49.4 Å². The van der Waals surface area contributed by atoms with Crippen LogP contribution >= 0.6 is 0 Å². The number of hydrogen-bond donors (Lipinski definition) is 1. The molecule has 61 valence electrons. The Morgan fingerprint density at radius 2 is 2.20 bits per heavy atom. The third-order valence-corrected chi connectivity index (χ3v) is 1.09. The van der Waals surface area contributed by atoms with Gasteiger partial charge in [-0.2, -0.15) is 0 Å². The first-order chi connectivity index (χ1) is 4.77. The number of hydroxylamine groups is 1. The number of hydrogen-bond acceptors (Lipinski definition) is 2. The van der Waals surface area contributed by atoms with Crippen LogP contribution in [-0.4, -0.2) is 12.8 Å². The van der Waals surface area contributed by atoms with Crippen molar-refractivity contribution >= 4 is 0 Å². The molecule has 0 aromatic carbocycles. The van der Waals surface area contributed by atoms with Crippen molar-refractivity contribution in [2.45, 2.75) is 39.3 Å². The van der Waals surface area contributed by atoms with E-state index < -0.39 is 0 Å². The summed E-state index contributed by atoms with van der Waals surface area (Å²) in [4.78, 5) is 4.79. The van der Waals surface area contributed by atoms with Crippen molar-refractivity contribution in [3.8, 4) is 0 Å². The Bertz CT molecular complexity index is 66.6. The summed E-state index contributed by atoms with van der Waals surface area (Å²) in [5.74, 6) is 0. The van der Waals surface area contributed by atoms with E-state index in [-0.39, 0.29) is 6.23 Å². The molecule has 0 heterocycles. The minimum Gasteiger partial charge on any atom is -0.305 e. The standard InChI is InChI=1S/C7H17N2O/c1-3-4-5-6-9-10-7(2)8/h7H,3-6,8H2,1-2H3. The van der Waals surface area contributed by atoms with Crippen LogP contribution in [0.1, 0.15) is 33.1 Å². The zero-order chi connectivity index (χ0) is 7.82. The molecule has 0 spiro atoms. The molecule has 3 nitrogen and oxygen atoms in total. The average Bonchev–Trinajstić information content (AvgIpc) is 1.87. The van der Waals surface area contributed by atoms with Crippen LogP contribution in [0.15, 0.2) is 0 Å². The summed E-state index contributed by atoms with van der Waals surface area (Å²) < 4.78 is 0. The molecule has 0 aromatic rings. The average molecular weight is 145 g/mol. The Kier molecular flexibility index (Phi) is 6.91. The highest BCUT2D eigenvalue weighted by molar-refractivity contribution is 4.38. The van der Waals surface area contributed by atoms with Crippen LogP contribution < -0.4 is 11.2 Å². The monoisotopic (exact) mass is 145 g/mol. The van der Waals surface area contributed by atoms with E-state index in [9.17, 15) is 0 Å². The van der Waals surface area contributed by atoms with Crippen molar-refractivity contribution in [3.05, 3.63) is 0 Å². The molecule has 0 aliphatic heterocycles. The molecule has 0 rings (SSSR count). The fourth-order valence-electron chi connectivity index (χ4n) is 0.597. The predicted molar refractivity (Wildman–Crippen MR) is 41.3 cm³/mol. The Balaban J connectivity index is 2.77. The summed E-state index contributed by atoms with van der Waals surface area (Å²) in [6, 6.07) is 0. The first-order valence-corrected chi connectivity index (χ1v) is 3.85. The van der Waals surface area contributed by atoms with Crippen LogP contribution in [0.4, 0.5) is 0 Å². The smallest absolute Gasteiger partial charge is 0.126 e. The van der Waals surface area contributed by atoms with Crippen molar-refractivity contribution < 1.29 is 4.84 Å². The molecule has 0 aliphatic rings. The van der Waals surface area contributed by atoms with E-state index in [0.717, 1.165) is 13.0 Å². The number of rotatable bonds is 6. The second-order valence-corrected chi connectivity index (χ2v) is 2.37. The number of nitrogens with zero attached hydrogens (tertiary/aromatic N) is 1. The Hall–Kier alpha value is -0.120. The van der Waals surface area contributed by atoms with Crippen LogP contribution in [0.2, 0.25) is 0 Å². The van der Waals surface area contributed by atoms with Crippen LogP contribution in [-0.2, 0) is 4.84 Å². The fourth-order valence-corrected chi connectivity index (χ4v) is 0.597. The molecule has 3 heteroatoms. The van der Waals surface area contributed by atoms with Gasteiger partial charge in [-0.1, -0.05) is 25.2 Å². The molecule has 0 aromatic heterocycles. The minimum atomic E-state index is -0.262. The van der Waals surface area contributed by atoms with Gasteiger partial charge >= 0.3 is 0 Å². The SMILES string of the molecule is CCCCC[N]OC(C)N. The van der Waals surface area contributed by atoms with Crippen molar-refractivity contribution in [1.29, 1.82) is 0 Å². The molecule has 1 radical (unpaired) electrons. The van der Waals surface area contributed by atoms with E-state index >= 15 is 0 Å². The summed E-state index contributed by atoms with van der Waals surface area (Å²) in [5.41, 5.74) is 9.07. The molecule has 1 atom stereocenters. The molecule has 1 unspecified atom stereocenters. The predicted octanol–water partition coefficient (Wildman–Crippen LogP) is 1.02. The highest BCUT2D eigenvalue weighted by atomic mass is 16.7. The van der Waals surface area contributed by atoms with E-state index in [1.165, 1.54) is 12.8 Å². The van der Waals surface area contributed by atoms with Gasteiger partial charge in [0.1, 0.15) is 6.23 Å². The summed E-state index contributed by atoms with van der Waals surface area (Å²) in [5, 5.41) is 0.